The first-order valence-electron chi connectivity index (χ1n) is 11.4. The Balaban J connectivity index is 1.98. The van der Waals surface area contributed by atoms with E-state index in [1.807, 2.05) is 0 Å². The van der Waals surface area contributed by atoms with Crippen LogP contribution in [-0.4, -0.2) is 36.3 Å². The Hall–Kier alpha value is -4.25. The standard InChI is InChI=1S/C26H25N3O7S/c1-6-36-25(31)22-15(3)27-26-28(23(22)17-8-7-14(2)19(11-17)29(32)33)24(30)21(37-26)12-16-9-10-18(34-4)13-20(16)35-5/h7-13,23H,6H2,1-5H3/b21-12+/t23-/m0/s1. The minimum atomic E-state index is -0.950. The smallest absolute Gasteiger partial charge is 0.338 e. The molecule has 0 saturated carbocycles. The zero-order valence-corrected chi connectivity index (χ0v) is 21.8. The van der Waals surface area contributed by atoms with Crippen LogP contribution in [0.15, 0.2) is 57.5 Å². The van der Waals surface area contributed by atoms with Gasteiger partial charge in [0.2, 0.25) is 0 Å². The van der Waals surface area contributed by atoms with Crippen molar-refractivity contribution in [1.82, 2.24) is 4.57 Å². The highest BCUT2D eigenvalue weighted by atomic mass is 32.1. The minimum absolute atomic E-state index is 0.111. The highest BCUT2D eigenvalue weighted by molar-refractivity contribution is 7.07. The van der Waals surface area contributed by atoms with Gasteiger partial charge in [-0.25, -0.2) is 9.79 Å². The second-order valence-electron chi connectivity index (χ2n) is 8.21. The number of methoxy groups -OCH3 is 2. The van der Waals surface area contributed by atoms with Crippen LogP contribution in [0, 0.1) is 17.0 Å². The van der Waals surface area contributed by atoms with Crippen molar-refractivity contribution < 1.29 is 23.9 Å². The largest absolute Gasteiger partial charge is 0.497 e. The molecule has 0 bridgehead atoms. The lowest BCUT2D eigenvalue weighted by Gasteiger charge is -2.24. The van der Waals surface area contributed by atoms with Gasteiger partial charge in [0.05, 0.1) is 47.6 Å². The van der Waals surface area contributed by atoms with Gasteiger partial charge in [-0.15, -0.1) is 0 Å². The van der Waals surface area contributed by atoms with E-state index >= 15 is 0 Å². The summed E-state index contributed by atoms with van der Waals surface area (Å²) in [6.45, 7) is 5.09. The van der Waals surface area contributed by atoms with Crippen molar-refractivity contribution in [1.29, 1.82) is 0 Å². The monoisotopic (exact) mass is 523 g/mol. The van der Waals surface area contributed by atoms with Crippen LogP contribution in [0.4, 0.5) is 5.69 Å². The van der Waals surface area contributed by atoms with E-state index in [-0.39, 0.29) is 17.9 Å². The maximum atomic E-state index is 13.8. The van der Waals surface area contributed by atoms with Crippen molar-refractivity contribution in [2.45, 2.75) is 26.8 Å². The summed E-state index contributed by atoms with van der Waals surface area (Å²) in [5, 5.41) is 11.7. The third-order valence-corrected chi connectivity index (χ3v) is 6.97. The molecule has 0 aliphatic carbocycles. The predicted octanol–water partition coefficient (Wildman–Crippen LogP) is 3.03. The predicted molar refractivity (Wildman–Crippen MR) is 138 cm³/mol. The van der Waals surface area contributed by atoms with Crippen LogP contribution in [0.3, 0.4) is 0 Å². The number of hydrogen-bond acceptors (Lipinski definition) is 9. The molecule has 2 heterocycles. The van der Waals surface area contributed by atoms with Gasteiger partial charge in [-0.2, -0.15) is 0 Å². The number of rotatable bonds is 7. The number of ether oxygens (including phenoxy) is 3. The minimum Gasteiger partial charge on any atom is -0.497 e. The molecule has 11 heteroatoms. The highest BCUT2D eigenvalue weighted by Gasteiger charge is 2.34. The normalized spacial score (nSPS) is 15.2. The second-order valence-corrected chi connectivity index (χ2v) is 9.22. The molecular formula is C26H25N3O7S. The topological polar surface area (TPSA) is 122 Å². The van der Waals surface area contributed by atoms with E-state index in [0.29, 0.717) is 43.2 Å². The first-order chi connectivity index (χ1) is 17.7. The van der Waals surface area contributed by atoms with Gasteiger partial charge in [0, 0.05) is 23.3 Å². The van der Waals surface area contributed by atoms with E-state index in [4.69, 9.17) is 14.2 Å². The third-order valence-electron chi connectivity index (χ3n) is 5.99. The number of hydrogen-bond donors (Lipinski definition) is 0. The van der Waals surface area contributed by atoms with Crippen LogP contribution in [-0.2, 0) is 9.53 Å². The molecule has 10 nitrogen and oxygen atoms in total. The number of carbonyl (C=O) groups excluding carboxylic acids is 1. The van der Waals surface area contributed by atoms with E-state index in [1.54, 1.807) is 64.3 Å². The number of nitro groups is 1. The van der Waals surface area contributed by atoms with Gasteiger partial charge in [-0.1, -0.05) is 23.5 Å². The van der Waals surface area contributed by atoms with Crippen LogP contribution in [0.25, 0.3) is 6.08 Å². The van der Waals surface area contributed by atoms with E-state index in [9.17, 15) is 19.7 Å². The SMILES string of the molecule is CCOC(=O)C1=C(C)N=c2s/c(=C/c3ccc(OC)cc3OC)c(=O)n2[C@H]1c1ccc(C)c([N+](=O)[O-])c1. The summed E-state index contributed by atoms with van der Waals surface area (Å²) in [7, 11) is 3.07. The van der Waals surface area contributed by atoms with Crippen molar-refractivity contribution in [2.24, 2.45) is 4.99 Å². The first-order valence-corrected chi connectivity index (χ1v) is 12.2. The summed E-state index contributed by atoms with van der Waals surface area (Å²) in [5.41, 5.74) is 1.54. The number of nitro benzene ring substituents is 1. The van der Waals surface area contributed by atoms with Crippen LogP contribution in [0.2, 0.25) is 0 Å². The number of aromatic nitrogens is 1. The number of thiazole rings is 1. The maximum absolute atomic E-state index is 13.8. The molecule has 192 valence electrons. The quantitative estimate of drug-likeness (QED) is 0.265. The number of carbonyl (C=O) groups is 1. The van der Waals surface area contributed by atoms with Crippen molar-refractivity contribution >= 4 is 29.1 Å². The first kappa shape index (κ1) is 25.8. The van der Waals surface area contributed by atoms with Crippen LogP contribution >= 0.6 is 11.3 Å². The number of fused-ring (bicyclic) bond motifs is 1. The molecule has 0 unspecified atom stereocenters. The summed E-state index contributed by atoms with van der Waals surface area (Å²) in [6.07, 6.45) is 1.68. The van der Waals surface area contributed by atoms with Crippen molar-refractivity contribution in [3.8, 4) is 11.5 Å². The average molecular weight is 524 g/mol. The Kier molecular flexibility index (Phi) is 7.25. The Morgan fingerprint density at radius 3 is 2.59 bits per heavy atom. The molecule has 1 aromatic heterocycles. The molecule has 0 radical (unpaired) electrons. The molecule has 1 aliphatic rings. The molecule has 2 aromatic carbocycles. The number of esters is 1. The van der Waals surface area contributed by atoms with Crippen molar-refractivity contribution in [3.63, 3.8) is 0 Å². The van der Waals surface area contributed by atoms with Gasteiger partial charge in [-0.05, 0) is 44.5 Å². The van der Waals surface area contributed by atoms with Crippen LogP contribution in [0.5, 0.6) is 11.5 Å². The molecule has 0 amide bonds. The van der Waals surface area contributed by atoms with Crippen molar-refractivity contribution in [2.75, 3.05) is 20.8 Å². The molecule has 1 atom stereocenters. The Labute approximate surface area is 215 Å². The Morgan fingerprint density at radius 2 is 1.95 bits per heavy atom. The second kappa shape index (κ2) is 10.4. The van der Waals surface area contributed by atoms with Gasteiger partial charge in [-0.3, -0.25) is 19.5 Å². The molecule has 0 spiro atoms. The number of nitrogens with zero attached hydrogens (tertiary/aromatic N) is 3. The Morgan fingerprint density at radius 1 is 1.19 bits per heavy atom. The van der Waals surface area contributed by atoms with Gasteiger partial charge >= 0.3 is 5.97 Å². The molecule has 37 heavy (non-hydrogen) atoms. The highest BCUT2D eigenvalue weighted by Crippen LogP contribution is 2.33. The number of benzene rings is 2. The molecule has 1 aliphatic heterocycles. The molecule has 3 aromatic rings. The fraction of sp³-hybridized carbons (Fsp3) is 0.269. The maximum Gasteiger partial charge on any atom is 0.338 e. The van der Waals surface area contributed by atoms with Crippen molar-refractivity contribution in [3.05, 3.63) is 94.2 Å². The van der Waals surface area contributed by atoms with Gasteiger partial charge in [0.1, 0.15) is 11.5 Å². The zero-order chi connectivity index (χ0) is 26.9. The van der Waals surface area contributed by atoms with Gasteiger partial charge < -0.3 is 14.2 Å². The van der Waals surface area contributed by atoms with Crippen LogP contribution in [0.1, 0.15) is 36.6 Å². The molecule has 4 rings (SSSR count). The lowest BCUT2D eigenvalue weighted by Crippen LogP contribution is -2.40. The van der Waals surface area contributed by atoms with Crippen LogP contribution < -0.4 is 24.4 Å². The average Bonchev–Trinajstić information content (AvgIpc) is 3.17. The van der Waals surface area contributed by atoms with Gasteiger partial charge in [0.15, 0.2) is 4.80 Å². The van der Waals surface area contributed by atoms with Gasteiger partial charge in [0.25, 0.3) is 11.2 Å². The third kappa shape index (κ3) is 4.77. The fourth-order valence-electron chi connectivity index (χ4n) is 4.18. The summed E-state index contributed by atoms with van der Waals surface area (Å²) in [4.78, 5) is 42.8. The van der Waals surface area contributed by atoms with E-state index in [0.717, 1.165) is 11.3 Å². The molecule has 0 N–H and O–H groups in total. The zero-order valence-electron chi connectivity index (χ0n) is 20.9. The summed E-state index contributed by atoms with van der Waals surface area (Å²) in [5.74, 6) is 0.480. The lowest BCUT2D eigenvalue weighted by atomic mass is 9.94. The summed E-state index contributed by atoms with van der Waals surface area (Å²) < 4.78 is 17.7. The molecular weight excluding hydrogens is 498 g/mol. The summed E-state index contributed by atoms with van der Waals surface area (Å²) >= 11 is 1.15. The Bertz CT molecular complexity index is 1620. The van der Waals surface area contributed by atoms with E-state index in [1.165, 1.54) is 17.7 Å². The fourth-order valence-corrected chi connectivity index (χ4v) is 5.22. The molecule has 0 saturated heterocycles. The number of aryl methyl sites for hydroxylation is 1. The summed E-state index contributed by atoms with van der Waals surface area (Å²) in [6, 6.07) is 8.95. The number of allylic oxidation sites excluding steroid dienone is 1. The van der Waals surface area contributed by atoms with E-state index in [2.05, 4.69) is 4.99 Å². The molecule has 0 fully saturated rings. The lowest BCUT2D eigenvalue weighted by molar-refractivity contribution is -0.385. The van der Waals surface area contributed by atoms with E-state index < -0.39 is 22.5 Å².